The van der Waals surface area contributed by atoms with E-state index in [0.29, 0.717) is 0 Å². The average Bonchev–Trinajstić information content (AvgIpc) is 3.03. The monoisotopic (exact) mass is 658 g/mol. The summed E-state index contributed by atoms with van der Waals surface area (Å²) in [4.78, 5) is 9.01. The van der Waals surface area contributed by atoms with Crippen LogP contribution >= 0.6 is 0 Å². The lowest BCUT2D eigenvalue weighted by atomic mass is 9.98. The second kappa shape index (κ2) is 13.0. The molecule has 228 valence electrons. The number of benzene rings is 5. The quantitative estimate of drug-likeness (QED) is 0.125. The molecular weight excluding hydrogens is 620 g/mol. The summed E-state index contributed by atoms with van der Waals surface area (Å²) >= 11 is 0. The van der Waals surface area contributed by atoms with E-state index in [1.54, 1.807) is 0 Å². The highest BCUT2D eigenvalue weighted by Crippen LogP contribution is 2.33. The summed E-state index contributed by atoms with van der Waals surface area (Å²) in [6.45, 7) is 3.02. The summed E-state index contributed by atoms with van der Waals surface area (Å²) in [5, 5.41) is 5.92. The Morgan fingerprint density at radius 1 is 0.600 bits per heavy atom. The Labute approximate surface area is 275 Å². The van der Waals surface area contributed by atoms with Gasteiger partial charge < -0.3 is 38.2 Å². The Bertz CT molecular complexity index is 2080. The molecular formula is C38H39BrN6. The maximum absolute atomic E-state index is 6.10. The predicted octanol–water partition coefficient (Wildman–Crippen LogP) is 4.66. The van der Waals surface area contributed by atoms with E-state index in [1.165, 1.54) is 49.6 Å². The zero-order chi connectivity index (χ0) is 31.0. The number of nitrogens with two attached hydrogens (primary N) is 2. The predicted molar refractivity (Wildman–Crippen MR) is 189 cm³/mol. The standard InChI is InChI=1S/C21H19N3.C17H19N3.BrH/c1-2-24-20-13-16(23)9-11-18(20)17-10-8-15(22)12-19(17)21(24)14-6-4-3-5-7-14;1-19(2)14-7-5-12-9-13-6-8-15(20(3)4)11-17(13)18-16(12)10-14;/h3-13,23H,2,22H2,1H3;5-11H,1-4H3;1H. The number of nitrogens with zero attached hydrogens (tertiary/aromatic N) is 4. The molecule has 2 heterocycles. The molecule has 0 saturated heterocycles. The first-order chi connectivity index (χ1) is 21.2. The van der Waals surface area contributed by atoms with Gasteiger partial charge in [0.15, 0.2) is 0 Å². The number of pyridine rings is 2. The van der Waals surface area contributed by atoms with Gasteiger partial charge in [0.2, 0.25) is 11.2 Å². The Hall–Kier alpha value is -4.88. The highest BCUT2D eigenvalue weighted by atomic mass is 79.9. The van der Waals surface area contributed by atoms with E-state index in [4.69, 9.17) is 16.5 Å². The summed E-state index contributed by atoms with van der Waals surface area (Å²) in [6.07, 6.45) is 0. The minimum atomic E-state index is 0. The molecule has 0 fully saturated rings. The molecule has 6 nitrogen and oxygen atoms in total. The van der Waals surface area contributed by atoms with Gasteiger partial charge >= 0.3 is 0 Å². The Morgan fingerprint density at radius 2 is 1.16 bits per heavy atom. The molecule has 0 atom stereocenters. The normalized spacial score (nSPS) is 10.9. The van der Waals surface area contributed by atoms with Crippen LogP contribution in [0.5, 0.6) is 0 Å². The third kappa shape index (κ3) is 6.22. The molecule has 0 radical (unpaired) electrons. The molecule has 45 heavy (non-hydrogen) atoms. The second-order valence-corrected chi connectivity index (χ2v) is 11.6. The first kappa shape index (κ1) is 31.5. The van der Waals surface area contributed by atoms with Crippen LogP contribution in [0.1, 0.15) is 6.92 Å². The Balaban J connectivity index is 0.000000177. The topological polar surface area (TPSA) is 75.3 Å². The number of fused-ring (bicyclic) bond motifs is 5. The number of halogens is 1. The van der Waals surface area contributed by atoms with Crippen molar-refractivity contribution in [2.75, 3.05) is 49.5 Å². The molecule has 0 aliphatic heterocycles. The first-order valence-electron chi connectivity index (χ1n) is 14.9. The number of hydrogen-bond acceptors (Lipinski definition) is 5. The first-order valence-corrected chi connectivity index (χ1v) is 14.9. The summed E-state index contributed by atoms with van der Waals surface area (Å²) in [5.74, 6) is 0. The number of anilines is 4. The van der Waals surface area contributed by atoms with Crippen LogP contribution in [0.2, 0.25) is 0 Å². The van der Waals surface area contributed by atoms with Crippen LogP contribution in [-0.4, -0.2) is 33.2 Å². The number of aromatic nitrogens is 2. The van der Waals surface area contributed by atoms with Gasteiger partial charge in [-0.2, -0.15) is 4.57 Å². The molecule has 5 aromatic carbocycles. The average molecular weight is 660 g/mol. The summed E-state index contributed by atoms with van der Waals surface area (Å²) in [5.41, 5.74) is 21.7. The van der Waals surface area contributed by atoms with E-state index >= 15 is 0 Å². The van der Waals surface area contributed by atoms with E-state index in [0.717, 1.165) is 34.5 Å². The third-order valence-corrected chi connectivity index (χ3v) is 8.15. The van der Waals surface area contributed by atoms with Gasteiger partial charge in [0.1, 0.15) is 6.54 Å². The van der Waals surface area contributed by atoms with E-state index in [9.17, 15) is 0 Å². The van der Waals surface area contributed by atoms with Crippen molar-refractivity contribution in [1.82, 2.24) is 4.98 Å². The molecule has 0 bridgehead atoms. The van der Waals surface area contributed by atoms with Crippen molar-refractivity contribution >= 4 is 66.2 Å². The van der Waals surface area contributed by atoms with Crippen LogP contribution in [-0.2, 0) is 6.54 Å². The molecule has 7 heteroatoms. The van der Waals surface area contributed by atoms with Crippen LogP contribution in [0.3, 0.4) is 0 Å². The molecule has 0 unspecified atom stereocenters. The van der Waals surface area contributed by atoms with E-state index in [-0.39, 0.29) is 17.0 Å². The third-order valence-electron chi connectivity index (χ3n) is 8.15. The van der Waals surface area contributed by atoms with Gasteiger partial charge in [0.05, 0.1) is 21.8 Å². The van der Waals surface area contributed by atoms with Crippen LogP contribution in [0.25, 0.3) is 54.7 Å². The van der Waals surface area contributed by atoms with Crippen LogP contribution in [0, 0.1) is 0 Å². The fourth-order valence-electron chi connectivity index (χ4n) is 5.85. The van der Waals surface area contributed by atoms with Crippen molar-refractivity contribution in [1.29, 1.82) is 0 Å². The van der Waals surface area contributed by atoms with Gasteiger partial charge in [-0.1, -0.05) is 36.4 Å². The zero-order valence-electron chi connectivity index (χ0n) is 26.4. The van der Waals surface area contributed by atoms with Gasteiger partial charge in [0.25, 0.3) is 0 Å². The fourth-order valence-corrected chi connectivity index (χ4v) is 5.85. The molecule has 7 rings (SSSR count). The largest absolute Gasteiger partial charge is 1.00 e. The summed E-state index contributed by atoms with van der Waals surface area (Å²) in [6, 6.07) is 37.7. The second-order valence-electron chi connectivity index (χ2n) is 11.6. The summed E-state index contributed by atoms with van der Waals surface area (Å²) < 4.78 is 2.32. The molecule has 7 aromatic rings. The lowest BCUT2D eigenvalue weighted by Crippen LogP contribution is -3.00. The molecule has 0 amide bonds. The highest BCUT2D eigenvalue weighted by Gasteiger charge is 2.22. The fraction of sp³-hybridized carbons (Fsp3) is 0.158. The highest BCUT2D eigenvalue weighted by molar-refractivity contribution is 6.10. The van der Waals surface area contributed by atoms with Gasteiger partial charge in [-0.15, -0.1) is 0 Å². The van der Waals surface area contributed by atoms with Crippen molar-refractivity contribution in [3.05, 3.63) is 109 Å². The van der Waals surface area contributed by atoms with Crippen molar-refractivity contribution in [2.45, 2.75) is 13.5 Å². The minimum absolute atomic E-state index is 0. The van der Waals surface area contributed by atoms with Gasteiger partial charge in [0, 0.05) is 78.7 Å². The van der Waals surface area contributed by atoms with E-state index < -0.39 is 0 Å². The van der Waals surface area contributed by atoms with Crippen LogP contribution in [0.15, 0.2) is 109 Å². The van der Waals surface area contributed by atoms with Crippen molar-refractivity contribution in [3.8, 4) is 11.3 Å². The van der Waals surface area contributed by atoms with E-state index in [2.05, 4.69) is 112 Å². The molecule has 0 aliphatic carbocycles. The molecule has 4 N–H and O–H groups in total. The van der Waals surface area contributed by atoms with E-state index in [1.807, 2.05) is 46.4 Å². The zero-order valence-corrected chi connectivity index (χ0v) is 28.0. The number of nitrogen functional groups attached to an aromatic ring is 2. The minimum Gasteiger partial charge on any atom is -1.00 e. The Kier molecular flexibility index (Phi) is 9.11. The number of rotatable bonds is 4. The van der Waals surface area contributed by atoms with Crippen LogP contribution in [0.4, 0.5) is 22.7 Å². The van der Waals surface area contributed by atoms with Crippen molar-refractivity contribution in [2.24, 2.45) is 0 Å². The van der Waals surface area contributed by atoms with Crippen LogP contribution < -0.4 is 42.8 Å². The number of aryl methyl sites for hydroxylation is 1. The van der Waals surface area contributed by atoms with Gasteiger partial charge in [-0.05, 0) is 73.7 Å². The SMILES string of the molecule is CC[n+]1c(-c2ccccc2)c2cc(N)ccc2c2ccc(N)cc21.CN(C)c1ccc2cc3ccc(N(C)C)cc3nc2c1.[Br-]. The van der Waals surface area contributed by atoms with Crippen molar-refractivity contribution in [3.63, 3.8) is 0 Å². The molecule has 2 aromatic heterocycles. The van der Waals surface area contributed by atoms with Gasteiger partial charge in [-0.3, -0.25) is 0 Å². The molecule has 0 saturated carbocycles. The summed E-state index contributed by atoms with van der Waals surface area (Å²) in [7, 11) is 8.19. The molecule has 0 spiro atoms. The number of hydrogen-bond donors (Lipinski definition) is 2. The smallest absolute Gasteiger partial charge is 0.220 e. The lowest BCUT2D eigenvalue weighted by Gasteiger charge is -2.14. The molecule has 0 aliphatic rings. The lowest BCUT2D eigenvalue weighted by molar-refractivity contribution is -0.655. The maximum atomic E-state index is 6.10. The Morgan fingerprint density at radius 3 is 1.71 bits per heavy atom. The van der Waals surface area contributed by atoms with Gasteiger partial charge in [-0.25, -0.2) is 4.98 Å². The van der Waals surface area contributed by atoms with Crippen molar-refractivity contribution < 1.29 is 21.5 Å². The maximum Gasteiger partial charge on any atom is 0.220 e.